The van der Waals surface area contributed by atoms with E-state index >= 15 is 0 Å². The molecule has 140 valence electrons. The first kappa shape index (κ1) is 20.4. The van der Waals surface area contributed by atoms with Gasteiger partial charge in [0.05, 0.1) is 5.75 Å². The van der Waals surface area contributed by atoms with Crippen LogP contribution in [0, 0.1) is 0 Å². The van der Waals surface area contributed by atoms with E-state index < -0.39 is 10.0 Å². The Morgan fingerprint density at radius 3 is 2.68 bits per heavy atom. The van der Waals surface area contributed by atoms with Gasteiger partial charge in [-0.25, -0.2) is 12.7 Å². The first-order chi connectivity index (χ1) is 12.0. The van der Waals surface area contributed by atoms with E-state index in [-0.39, 0.29) is 5.75 Å². The van der Waals surface area contributed by atoms with Crippen molar-refractivity contribution in [3.8, 4) is 0 Å². The SMILES string of the molecule is CN=C(NCCc1cccc(Cl)c1)NCCS(=O)(=O)N1CCSCC1. The molecule has 0 spiro atoms. The van der Waals surface area contributed by atoms with Gasteiger partial charge in [-0.15, -0.1) is 0 Å². The summed E-state index contributed by atoms with van der Waals surface area (Å²) in [7, 11) is -1.52. The Morgan fingerprint density at radius 2 is 2.00 bits per heavy atom. The van der Waals surface area contributed by atoms with Crippen molar-refractivity contribution in [3.63, 3.8) is 0 Å². The van der Waals surface area contributed by atoms with Crippen LogP contribution in [0.1, 0.15) is 5.56 Å². The number of thioether (sulfide) groups is 1. The number of aliphatic imine (C=N–C) groups is 1. The second-order valence-electron chi connectivity index (χ2n) is 5.63. The molecular weight excluding hydrogens is 380 g/mol. The van der Waals surface area contributed by atoms with Crippen molar-refractivity contribution in [2.45, 2.75) is 6.42 Å². The second kappa shape index (κ2) is 10.3. The van der Waals surface area contributed by atoms with Gasteiger partial charge < -0.3 is 10.6 Å². The van der Waals surface area contributed by atoms with Gasteiger partial charge in [-0.1, -0.05) is 23.7 Å². The topological polar surface area (TPSA) is 73.8 Å². The standard InChI is InChI=1S/C16H25ClN4O2S2/c1-18-16(19-6-5-14-3-2-4-15(17)13-14)20-7-12-25(22,23)21-8-10-24-11-9-21/h2-4,13H,5-12H2,1H3,(H2,18,19,20). The first-order valence-electron chi connectivity index (χ1n) is 8.26. The van der Waals surface area contributed by atoms with Crippen molar-refractivity contribution < 1.29 is 8.42 Å². The molecule has 0 aromatic heterocycles. The van der Waals surface area contributed by atoms with Crippen LogP contribution < -0.4 is 10.6 Å². The molecule has 1 fully saturated rings. The second-order valence-corrected chi connectivity index (χ2v) is 9.38. The van der Waals surface area contributed by atoms with E-state index in [2.05, 4.69) is 15.6 Å². The van der Waals surface area contributed by atoms with Crippen LogP contribution in [-0.2, 0) is 16.4 Å². The number of rotatable bonds is 7. The molecule has 9 heteroatoms. The van der Waals surface area contributed by atoms with E-state index in [0.717, 1.165) is 28.5 Å². The number of guanidine groups is 1. The van der Waals surface area contributed by atoms with E-state index in [1.54, 1.807) is 23.1 Å². The van der Waals surface area contributed by atoms with Crippen LogP contribution in [0.3, 0.4) is 0 Å². The van der Waals surface area contributed by atoms with Gasteiger partial charge in [0.25, 0.3) is 0 Å². The fraction of sp³-hybridized carbons (Fsp3) is 0.562. The quantitative estimate of drug-likeness (QED) is 0.531. The average Bonchev–Trinajstić information content (AvgIpc) is 2.61. The van der Waals surface area contributed by atoms with Crippen LogP contribution in [0.15, 0.2) is 29.3 Å². The van der Waals surface area contributed by atoms with Crippen molar-refractivity contribution in [3.05, 3.63) is 34.9 Å². The Hall–Kier alpha value is -0.960. The van der Waals surface area contributed by atoms with Crippen molar-refractivity contribution in [2.75, 3.05) is 50.5 Å². The maximum Gasteiger partial charge on any atom is 0.215 e. The largest absolute Gasteiger partial charge is 0.356 e. The smallest absolute Gasteiger partial charge is 0.215 e. The monoisotopic (exact) mass is 404 g/mol. The number of nitrogens with zero attached hydrogens (tertiary/aromatic N) is 2. The van der Waals surface area contributed by atoms with Crippen molar-refractivity contribution >= 4 is 39.3 Å². The van der Waals surface area contributed by atoms with Gasteiger partial charge in [0, 0.05) is 49.8 Å². The van der Waals surface area contributed by atoms with Gasteiger partial charge in [-0.3, -0.25) is 4.99 Å². The maximum atomic E-state index is 12.3. The molecule has 0 radical (unpaired) electrons. The molecular formula is C16H25ClN4O2S2. The van der Waals surface area contributed by atoms with Crippen LogP contribution in [0.25, 0.3) is 0 Å². The third-order valence-corrected chi connectivity index (χ3v) is 6.88. The fourth-order valence-corrected chi connectivity index (χ4v) is 5.19. The molecule has 0 aliphatic carbocycles. The van der Waals surface area contributed by atoms with Crippen LogP contribution in [0.5, 0.6) is 0 Å². The molecule has 0 bridgehead atoms. The fourth-order valence-electron chi connectivity index (χ4n) is 2.49. The molecule has 0 unspecified atom stereocenters. The maximum absolute atomic E-state index is 12.3. The van der Waals surface area contributed by atoms with Crippen molar-refractivity contribution in [1.29, 1.82) is 0 Å². The average molecular weight is 405 g/mol. The summed E-state index contributed by atoms with van der Waals surface area (Å²) in [5, 5.41) is 6.97. The highest BCUT2D eigenvalue weighted by Crippen LogP contribution is 2.13. The van der Waals surface area contributed by atoms with Crippen molar-refractivity contribution in [1.82, 2.24) is 14.9 Å². The van der Waals surface area contributed by atoms with E-state index in [0.29, 0.717) is 32.1 Å². The lowest BCUT2D eigenvalue weighted by molar-refractivity contribution is 0.443. The third-order valence-electron chi connectivity index (χ3n) is 3.83. The summed E-state index contributed by atoms with van der Waals surface area (Å²) in [5.74, 6) is 2.43. The van der Waals surface area contributed by atoms with E-state index in [1.807, 2.05) is 24.3 Å². The van der Waals surface area contributed by atoms with E-state index in [9.17, 15) is 8.42 Å². The zero-order valence-electron chi connectivity index (χ0n) is 14.4. The molecule has 0 saturated carbocycles. The van der Waals surface area contributed by atoms with Crippen LogP contribution in [-0.4, -0.2) is 69.2 Å². The summed E-state index contributed by atoms with van der Waals surface area (Å²) in [5.41, 5.74) is 1.14. The Kier molecular flexibility index (Phi) is 8.35. The molecule has 2 rings (SSSR count). The molecule has 2 N–H and O–H groups in total. The van der Waals surface area contributed by atoms with Gasteiger partial charge in [-0.05, 0) is 24.1 Å². The van der Waals surface area contributed by atoms with Gasteiger partial charge in [0.1, 0.15) is 0 Å². The summed E-state index contributed by atoms with van der Waals surface area (Å²) in [6.45, 7) is 2.25. The van der Waals surface area contributed by atoms with E-state index in [4.69, 9.17) is 11.6 Å². The minimum absolute atomic E-state index is 0.0761. The molecule has 1 saturated heterocycles. The minimum atomic E-state index is -3.20. The molecule has 0 atom stereocenters. The van der Waals surface area contributed by atoms with Gasteiger partial charge in [-0.2, -0.15) is 11.8 Å². The molecule has 1 heterocycles. The Bertz CT molecular complexity index is 676. The predicted molar refractivity (Wildman–Crippen MR) is 107 cm³/mol. The zero-order valence-corrected chi connectivity index (χ0v) is 16.8. The summed E-state index contributed by atoms with van der Waals surface area (Å²) < 4.78 is 26.2. The molecule has 1 aliphatic rings. The first-order valence-corrected chi connectivity index (χ1v) is 11.4. The zero-order chi connectivity index (χ0) is 18.1. The number of hydrogen-bond acceptors (Lipinski definition) is 4. The number of sulfonamides is 1. The number of hydrogen-bond donors (Lipinski definition) is 2. The number of nitrogens with one attached hydrogen (secondary N) is 2. The lowest BCUT2D eigenvalue weighted by atomic mass is 10.1. The highest BCUT2D eigenvalue weighted by molar-refractivity contribution is 7.99. The normalized spacial score (nSPS) is 16.6. The van der Waals surface area contributed by atoms with Crippen LogP contribution in [0.2, 0.25) is 5.02 Å². The highest BCUT2D eigenvalue weighted by Gasteiger charge is 2.23. The lowest BCUT2D eigenvalue weighted by Gasteiger charge is -2.25. The van der Waals surface area contributed by atoms with Crippen molar-refractivity contribution in [2.24, 2.45) is 4.99 Å². The number of benzene rings is 1. The summed E-state index contributed by atoms with van der Waals surface area (Å²) in [4.78, 5) is 4.13. The molecule has 0 amide bonds. The summed E-state index contributed by atoms with van der Waals surface area (Å²) in [6.07, 6.45) is 0.811. The number of halogens is 1. The summed E-state index contributed by atoms with van der Waals surface area (Å²) in [6, 6.07) is 7.73. The Morgan fingerprint density at radius 1 is 1.28 bits per heavy atom. The summed E-state index contributed by atoms with van der Waals surface area (Å²) >= 11 is 7.77. The Balaban J connectivity index is 1.71. The predicted octanol–water partition coefficient (Wildman–Crippen LogP) is 1.43. The van der Waals surface area contributed by atoms with Gasteiger partial charge >= 0.3 is 0 Å². The van der Waals surface area contributed by atoms with Gasteiger partial charge in [0.15, 0.2) is 5.96 Å². The molecule has 1 aliphatic heterocycles. The third kappa shape index (κ3) is 7.05. The lowest BCUT2D eigenvalue weighted by Crippen LogP contribution is -2.44. The van der Waals surface area contributed by atoms with E-state index in [1.165, 1.54) is 0 Å². The van der Waals surface area contributed by atoms with Crippen LogP contribution >= 0.6 is 23.4 Å². The molecule has 6 nitrogen and oxygen atoms in total. The molecule has 1 aromatic carbocycles. The minimum Gasteiger partial charge on any atom is -0.356 e. The highest BCUT2D eigenvalue weighted by atomic mass is 35.5. The molecule has 1 aromatic rings. The molecule has 25 heavy (non-hydrogen) atoms. The van der Waals surface area contributed by atoms with Gasteiger partial charge in [0.2, 0.25) is 10.0 Å². The Labute approximate surface area is 159 Å². The van der Waals surface area contributed by atoms with Crippen LogP contribution in [0.4, 0.5) is 0 Å².